The lowest BCUT2D eigenvalue weighted by molar-refractivity contribution is 0.0472. The molecule has 0 saturated heterocycles. The maximum atomic E-state index is 11.9. The van der Waals surface area contributed by atoms with Crippen LogP contribution in [0.1, 0.15) is 27.0 Å². The van der Waals surface area contributed by atoms with Crippen LogP contribution < -0.4 is 0 Å². The average molecular weight is 256 g/mol. The van der Waals surface area contributed by atoms with Crippen LogP contribution in [0.3, 0.4) is 0 Å². The number of ether oxygens (including phenoxy) is 1. The van der Waals surface area contributed by atoms with Gasteiger partial charge >= 0.3 is 5.97 Å². The first-order valence-corrected chi connectivity index (χ1v) is 6.09. The Balaban J connectivity index is 2.08. The maximum Gasteiger partial charge on any atom is 0.338 e. The van der Waals surface area contributed by atoms with E-state index >= 15 is 0 Å². The average Bonchev–Trinajstić information content (AvgIpc) is 2.42. The fourth-order valence-electron chi connectivity index (χ4n) is 1.88. The van der Waals surface area contributed by atoms with E-state index in [9.17, 15) is 9.90 Å². The molecule has 0 aliphatic carbocycles. The van der Waals surface area contributed by atoms with Crippen molar-refractivity contribution in [2.45, 2.75) is 20.5 Å². The molecule has 1 N–H and O–H groups in total. The zero-order chi connectivity index (χ0) is 13.8. The predicted molar refractivity (Wildman–Crippen MR) is 73.1 cm³/mol. The van der Waals surface area contributed by atoms with Crippen LogP contribution >= 0.6 is 0 Å². The van der Waals surface area contributed by atoms with Crippen LogP contribution in [-0.2, 0) is 11.3 Å². The maximum absolute atomic E-state index is 11.9. The van der Waals surface area contributed by atoms with E-state index in [1.807, 2.05) is 30.3 Å². The quantitative estimate of drug-likeness (QED) is 0.856. The van der Waals surface area contributed by atoms with E-state index in [2.05, 4.69) is 0 Å². The van der Waals surface area contributed by atoms with Crippen LogP contribution in [0, 0.1) is 13.8 Å². The Bertz CT molecular complexity index is 565. The zero-order valence-corrected chi connectivity index (χ0v) is 11.0. The van der Waals surface area contributed by atoms with Crippen LogP contribution in [0.15, 0.2) is 42.5 Å². The van der Waals surface area contributed by atoms with Gasteiger partial charge in [-0.1, -0.05) is 30.3 Å². The Morgan fingerprint density at radius 1 is 1.11 bits per heavy atom. The molecule has 0 aliphatic heterocycles. The number of esters is 1. The Morgan fingerprint density at radius 2 is 1.68 bits per heavy atom. The van der Waals surface area contributed by atoms with Crippen molar-refractivity contribution in [3.05, 3.63) is 64.7 Å². The number of aromatic hydroxyl groups is 1. The van der Waals surface area contributed by atoms with Gasteiger partial charge in [0.05, 0.1) is 5.56 Å². The molecular weight excluding hydrogens is 240 g/mol. The molecule has 0 amide bonds. The van der Waals surface area contributed by atoms with Gasteiger partial charge in [-0.05, 0) is 42.7 Å². The lowest BCUT2D eigenvalue weighted by Gasteiger charge is -2.08. The molecule has 0 bridgehead atoms. The number of phenolic OH excluding ortho intramolecular Hbond substituents is 1. The van der Waals surface area contributed by atoms with Crippen LogP contribution in [-0.4, -0.2) is 11.1 Å². The van der Waals surface area contributed by atoms with Crippen molar-refractivity contribution >= 4 is 5.97 Å². The molecule has 3 heteroatoms. The van der Waals surface area contributed by atoms with Gasteiger partial charge in [-0.2, -0.15) is 0 Å². The number of hydrogen-bond donors (Lipinski definition) is 1. The molecule has 0 saturated carbocycles. The molecule has 0 fully saturated rings. The van der Waals surface area contributed by atoms with Crippen LogP contribution in [0.2, 0.25) is 0 Å². The third-order valence-electron chi connectivity index (χ3n) is 2.94. The van der Waals surface area contributed by atoms with Crippen molar-refractivity contribution in [1.29, 1.82) is 0 Å². The summed E-state index contributed by atoms with van der Waals surface area (Å²) in [5, 5.41) is 9.67. The number of phenols is 1. The Labute approximate surface area is 112 Å². The topological polar surface area (TPSA) is 46.5 Å². The van der Waals surface area contributed by atoms with E-state index in [0.29, 0.717) is 16.7 Å². The van der Waals surface area contributed by atoms with Gasteiger partial charge in [0, 0.05) is 0 Å². The van der Waals surface area contributed by atoms with Crippen molar-refractivity contribution in [2.24, 2.45) is 0 Å². The summed E-state index contributed by atoms with van der Waals surface area (Å²) in [4.78, 5) is 11.9. The first-order chi connectivity index (χ1) is 9.08. The van der Waals surface area contributed by atoms with Crippen molar-refractivity contribution < 1.29 is 14.6 Å². The summed E-state index contributed by atoms with van der Waals surface area (Å²) in [6.45, 7) is 3.77. The van der Waals surface area contributed by atoms with Crippen LogP contribution in [0.25, 0.3) is 0 Å². The summed E-state index contributed by atoms with van der Waals surface area (Å²) in [5.74, 6) is -0.158. The molecule has 0 heterocycles. The predicted octanol–water partition coefficient (Wildman–Crippen LogP) is 3.37. The summed E-state index contributed by atoms with van der Waals surface area (Å²) in [6, 6.07) is 12.8. The molecule has 19 heavy (non-hydrogen) atoms. The van der Waals surface area contributed by atoms with Gasteiger partial charge in [-0.25, -0.2) is 4.79 Å². The van der Waals surface area contributed by atoms with Gasteiger partial charge < -0.3 is 9.84 Å². The summed E-state index contributed by atoms with van der Waals surface area (Å²) in [5.41, 5.74) is 2.75. The summed E-state index contributed by atoms with van der Waals surface area (Å²) in [7, 11) is 0. The summed E-state index contributed by atoms with van der Waals surface area (Å²) in [6.07, 6.45) is 0. The highest BCUT2D eigenvalue weighted by atomic mass is 16.5. The molecular formula is C16H16O3. The minimum atomic E-state index is -0.380. The normalized spacial score (nSPS) is 10.2. The second-order valence-electron chi connectivity index (χ2n) is 4.52. The molecule has 0 radical (unpaired) electrons. The fraction of sp³-hybridized carbons (Fsp3) is 0.188. The van der Waals surface area contributed by atoms with Gasteiger partial charge in [0.2, 0.25) is 0 Å². The second kappa shape index (κ2) is 5.57. The van der Waals surface area contributed by atoms with Gasteiger partial charge in [0.15, 0.2) is 0 Å². The Kier molecular flexibility index (Phi) is 3.85. The zero-order valence-electron chi connectivity index (χ0n) is 11.0. The highest BCUT2D eigenvalue weighted by Gasteiger charge is 2.11. The highest BCUT2D eigenvalue weighted by molar-refractivity contribution is 5.90. The minimum Gasteiger partial charge on any atom is -0.507 e. The first kappa shape index (κ1) is 13.1. The Hall–Kier alpha value is -2.29. The molecule has 3 nitrogen and oxygen atoms in total. The van der Waals surface area contributed by atoms with Crippen molar-refractivity contribution in [2.75, 3.05) is 0 Å². The Morgan fingerprint density at radius 3 is 2.26 bits per heavy atom. The van der Waals surface area contributed by atoms with Gasteiger partial charge in [0.1, 0.15) is 12.4 Å². The molecule has 98 valence electrons. The molecule has 0 atom stereocenters. The molecule has 0 spiro atoms. The smallest absolute Gasteiger partial charge is 0.338 e. The third-order valence-corrected chi connectivity index (χ3v) is 2.94. The SMILES string of the molecule is Cc1cc(C(=O)OCc2ccccc2)cc(C)c1O. The fourth-order valence-corrected chi connectivity index (χ4v) is 1.88. The van der Waals surface area contributed by atoms with E-state index in [1.54, 1.807) is 26.0 Å². The van der Waals surface area contributed by atoms with Gasteiger partial charge in [0.25, 0.3) is 0 Å². The van der Waals surface area contributed by atoms with Crippen LogP contribution in [0.5, 0.6) is 5.75 Å². The standard InChI is InChI=1S/C16H16O3/c1-11-8-14(9-12(2)15(11)17)16(18)19-10-13-6-4-3-5-7-13/h3-9,17H,10H2,1-2H3. The van der Waals surface area contributed by atoms with Gasteiger partial charge in [-0.15, -0.1) is 0 Å². The number of carbonyl (C=O) groups is 1. The minimum absolute atomic E-state index is 0.222. The molecule has 0 unspecified atom stereocenters. The summed E-state index contributed by atoms with van der Waals surface area (Å²) >= 11 is 0. The van der Waals surface area contributed by atoms with Crippen molar-refractivity contribution in [3.8, 4) is 5.75 Å². The first-order valence-electron chi connectivity index (χ1n) is 6.09. The third kappa shape index (κ3) is 3.13. The van der Waals surface area contributed by atoms with E-state index in [4.69, 9.17) is 4.74 Å². The van der Waals surface area contributed by atoms with Crippen molar-refractivity contribution in [3.63, 3.8) is 0 Å². The summed E-state index contributed by atoms with van der Waals surface area (Å²) < 4.78 is 5.24. The number of hydrogen-bond acceptors (Lipinski definition) is 3. The van der Waals surface area contributed by atoms with E-state index in [1.165, 1.54) is 0 Å². The molecule has 0 aromatic heterocycles. The van der Waals surface area contributed by atoms with Crippen molar-refractivity contribution in [1.82, 2.24) is 0 Å². The number of carbonyl (C=O) groups excluding carboxylic acids is 1. The molecule has 2 rings (SSSR count). The van der Waals surface area contributed by atoms with Gasteiger partial charge in [-0.3, -0.25) is 0 Å². The molecule has 2 aromatic rings. The lowest BCUT2D eigenvalue weighted by Crippen LogP contribution is -2.06. The second-order valence-corrected chi connectivity index (χ2v) is 4.52. The highest BCUT2D eigenvalue weighted by Crippen LogP contribution is 2.23. The van der Waals surface area contributed by atoms with E-state index in [0.717, 1.165) is 5.56 Å². The van der Waals surface area contributed by atoms with E-state index < -0.39 is 0 Å². The van der Waals surface area contributed by atoms with E-state index in [-0.39, 0.29) is 18.3 Å². The molecule has 0 aliphatic rings. The lowest BCUT2D eigenvalue weighted by atomic mass is 10.1. The number of benzene rings is 2. The monoisotopic (exact) mass is 256 g/mol. The number of aryl methyl sites for hydroxylation is 2. The largest absolute Gasteiger partial charge is 0.507 e. The van der Waals surface area contributed by atoms with Crippen LogP contribution in [0.4, 0.5) is 0 Å². The molecule has 2 aromatic carbocycles. The number of rotatable bonds is 3.